The Kier molecular flexibility index (Phi) is 4.81. The lowest BCUT2D eigenvalue weighted by Crippen LogP contribution is -2.27. The van der Waals surface area contributed by atoms with E-state index >= 15 is 0 Å². The summed E-state index contributed by atoms with van der Waals surface area (Å²) in [4.78, 5) is 35.0. The van der Waals surface area contributed by atoms with Crippen LogP contribution in [0.3, 0.4) is 0 Å². The zero-order chi connectivity index (χ0) is 18.0. The van der Waals surface area contributed by atoms with E-state index < -0.39 is 16.8 Å². The number of carbonyl (C=O) groups is 2. The lowest BCUT2D eigenvalue weighted by atomic mass is 9.84. The minimum absolute atomic E-state index is 0.00344. The summed E-state index contributed by atoms with van der Waals surface area (Å²) in [6, 6.07) is 12.4. The van der Waals surface area contributed by atoms with Crippen molar-refractivity contribution in [3.63, 3.8) is 0 Å². The molecule has 0 saturated carbocycles. The lowest BCUT2D eigenvalue weighted by Gasteiger charge is -2.14. The molecule has 0 amide bonds. The standard InChI is InChI=1S/C18H14ClNO5/c19-14-5-3-12(4-6-14)17(21)16-13(10-25-18(16)22)9-11-1-7-15(8-2-11)20(23)24/h1-8,13,16H,9-10H2/t13-,16-/m0/s1. The first kappa shape index (κ1) is 17.1. The Morgan fingerprint density at radius 2 is 1.80 bits per heavy atom. The molecule has 1 fully saturated rings. The Balaban J connectivity index is 1.78. The molecule has 1 aliphatic rings. The van der Waals surface area contributed by atoms with Gasteiger partial charge in [0.25, 0.3) is 5.69 Å². The Labute approximate surface area is 148 Å². The third kappa shape index (κ3) is 3.69. The number of benzene rings is 2. The molecule has 2 aromatic rings. The quantitative estimate of drug-likeness (QED) is 0.268. The van der Waals surface area contributed by atoms with Crippen molar-refractivity contribution >= 4 is 29.0 Å². The molecule has 3 rings (SSSR count). The van der Waals surface area contributed by atoms with Gasteiger partial charge in [0.15, 0.2) is 5.78 Å². The number of nitro groups is 1. The molecular weight excluding hydrogens is 346 g/mol. The van der Waals surface area contributed by atoms with Gasteiger partial charge in [-0.05, 0) is 36.2 Å². The van der Waals surface area contributed by atoms with Crippen LogP contribution >= 0.6 is 11.6 Å². The van der Waals surface area contributed by atoms with Crippen molar-refractivity contribution in [2.24, 2.45) is 11.8 Å². The highest BCUT2D eigenvalue weighted by atomic mass is 35.5. The number of nitrogens with zero attached hydrogens (tertiary/aromatic N) is 1. The molecule has 0 spiro atoms. The smallest absolute Gasteiger partial charge is 0.317 e. The molecule has 1 aliphatic heterocycles. The maximum Gasteiger partial charge on any atom is 0.317 e. The van der Waals surface area contributed by atoms with Gasteiger partial charge in [0.2, 0.25) is 0 Å². The average molecular weight is 360 g/mol. The molecule has 0 N–H and O–H groups in total. The summed E-state index contributed by atoms with van der Waals surface area (Å²) in [5.41, 5.74) is 1.21. The highest BCUT2D eigenvalue weighted by molar-refractivity contribution is 6.30. The first-order valence-electron chi connectivity index (χ1n) is 7.65. The molecule has 7 heteroatoms. The van der Waals surface area contributed by atoms with Gasteiger partial charge in [-0.1, -0.05) is 23.7 Å². The summed E-state index contributed by atoms with van der Waals surface area (Å²) >= 11 is 5.82. The van der Waals surface area contributed by atoms with Gasteiger partial charge in [-0.15, -0.1) is 0 Å². The van der Waals surface area contributed by atoms with Gasteiger partial charge >= 0.3 is 5.97 Å². The third-order valence-corrected chi connectivity index (χ3v) is 4.47. The molecule has 6 nitrogen and oxygen atoms in total. The molecule has 1 heterocycles. The lowest BCUT2D eigenvalue weighted by molar-refractivity contribution is -0.384. The van der Waals surface area contributed by atoms with Gasteiger partial charge in [-0.3, -0.25) is 19.7 Å². The van der Waals surface area contributed by atoms with Crippen LogP contribution in [-0.4, -0.2) is 23.3 Å². The van der Waals surface area contributed by atoms with Gasteiger partial charge < -0.3 is 4.74 Å². The molecule has 1 saturated heterocycles. The molecule has 2 aromatic carbocycles. The number of halogens is 1. The van der Waals surface area contributed by atoms with Crippen LogP contribution in [0.5, 0.6) is 0 Å². The number of hydrogen-bond acceptors (Lipinski definition) is 5. The topological polar surface area (TPSA) is 86.5 Å². The number of rotatable bonds is 5. The van der Waals surface area contributed by atoms with Gasteiger partial charge in [0.1, 0.15) is 5.92 Å². The summed E-state index contributed by atoms with van der Waals surface area (Å²) < 4.78 is 5.08. The Morgan fingerprint density at radius 3 is 2.40 bits per heavy atom. The summed E-state index contributed by atoms with van der Waals surface area (Å²) in [5, 5.41) is 11.2. The predicted octanol–water partition coefficient (Wildman–Crippen LogP) is 3.46. The fourth-order valence-electron chi connectivity index (χ4n) is 2.92. The monoisotopic (exact) mass is 359 g/mol. The summed E-state index contributed by atoms with van der Waals surface area (Å²) in [7, 11) is 0. The maximum atomic E-state index is 12.7. The summed E-state index contributed by atoms with van der Waals surface area (Å²) in [6.07, 6.45) is 0.424. The van der Waals surface area contributed by atoms with Crippen molar-refractivity contribution in [2.45, 2.75) is 6.42 Å². The number of nitro benzene ring substituents is 1. The molecule has 0 bridgehead atoms. The van der Waals surface area contributed by atoms with Gasteiger partial charge in [-0.2, -0.15) is 0 Å². The van der Waals surface area contributed by atoms with E-state index in [1.54, 1.807) is 36.4 Å². The number of cyclic esters (lactones) is 1. The number of non-ortho nitro benzene ring substituents is 1. The number of ketones is 1. The van der Waals surface area contributed by atoms with Crippen molar-refractivity contribution in [3.05, 3.63) is 74.8 Å². The number of carbonyl (C=O) groups excluding carboxylic acids is 2. The van der Waals surface area contributed by atoms with Crippen LogP contribution in [0.25, 0.3) is 0 Å². The molecule has 0 radical (unpaired) electrons. The second kappa shape index (κ2) is 7.03. The largest absolute Gasteiger partial charge is 0.465 e. The third-order valence-electron chi connectivity index (χ3n) is 4.22. The molecule has 128 valence electrons. The van der Waals surface area contributed by atoms with Crippen molar-refractivity contribution in [1.82, 2.24) is 0 Å². The molecule has 2 atom stereocenters. The molecule has 0 aromatic heterocycles. The fraction of sp³-hybridized carbons (Fsp3) is 0.222. The highest BCUT2D eigenvalue weighted by Crippen LogP contribution is 2.30. The van der Waals surface area contributed by atoms with E-state index in [-0.39, 0.29) is 24.0 Å². The number of esters is 1. The van der Waals surface area contributed by atoms with E-state index in [1.807, 2.05) is 0 Å². The molecule has 0 unspecified atom stereocenters. The van der Waals surface area contributed by atoms with E-state index in [4.69, 9.17) is 16.3 Å². The number of Topliss-reactive ketones (excluding diaryl/α,β-unsaturated/α-hetero) is 1. The van der Waals surface area contributed by atoms with Gasteiger partial charge in [0, 0.05) is 28.6 Å². The highest BCUT2D eigenvalue weighted by Gasteiger charge is 2.42. The van der Waals surface area contributed by atoms with Crippen LogP contribution < -0.4 is 0 Å². The predicted molar refractivity (Wildman–Crippen MR) is 90.5 cm³/mol. The minimum atomic E-state index is -0.878. The van der Waals surface area contributed by atoms with Crippen LogP contribution in [0.4, 0.5) is 5.69 Å². The van der Waals surface area contributed by atoms with E-state index in [9.17, 15) is 19.7 Å². The van der Waals surface area contributed by atoms with Crippen molar-refractivity contribution in [1.29, 1.82) is 0 Å². The normalized spacial score (nSPS) is 19.5. The zero-order valence-corrected chi connectivity index (χ0v) is 13.8. The van der Waals surface area contributed by atoms with E-state index in [2.05, 4.69) is 0 Å². The average Bonchev–Trinajstić information content (AvgIpc) is 2.96. The zero-order valence-electron chi connectivity index (χ0n) is 13.1. The fourth-order valence-corrected chi connectivity index (χ4v) is 3.04. The van der Waals surface area contributed by atoms with E-state index in [0.29, 0.717) is 17.0 Å². The molecule has 25 heavy (non-hydrogen) atoms. The van der Waals surface area contributed by atoms with Crippen LogP contribution in [0.1, 0.15) is 15.9 Å². The number of ether oxygens (including phenoxy) is 1. The second-order valence-electron chi connectivity index (χ2n) is 5.87. The van der Waals surface area contributed by atoms with Crippen molar-refractivity contribution < 1.29 is 19.2 Å². The second-order valence-corrected chi connectivity index (χ2v) is 6.30. The number of hydrogen-bond donors (Lipinski definition) is 0. The van der Waals surface area contributed by atoms with Crippen LogP contribution in [0, 0.1) is 22.0 Å². The SMILES string of the molecule is O=C1OC[C@H](Cc2ccc([N+](=O)[O-])cc2)[C@H]1C(=O)c1ccc(Cl)cc1. The Bertz CT molecular complexity index is 816. The summed E-state index contributed by atoms with van der Waals surface area (Å²) in [6.45, 7) is 0.153. The van der Waals surface area contributed by atoms with Gasteiger partial charge in [0.05, 0.1) is 11.5 Å². The van der Waals surface area contributed by atoms with E-state index in [0.717, 1.165) is 5.56 Å². The molecule has 0 aliphatic carbocycles. The minimum Gasteiger partial charge on any atom is -0.465 e. The van der Waals surface area contributed by atoms with Crippen molar-refractivity contribution in [2.75, 3.05) is 6.61 Å². The first-order chi connectivity index (χ1) is 12.0. The summed E-state index contributed by atoms with van der Waals surface area (Å²) in [5.74, 6) is -2.02. The Hall–Kier alpha value is -2.73. The van der Waals surface area contributed by atoms with Crippen LogP contribution in [0.15, 0.2) is 48.5 Å². The van der Waals surface area contributed by atoms with Crippen LogP contribution in [0.2, 0.25) is 5.02 Å². The van der Waals surface area contributed by atoms with Gasteiger partial charge in [-0.25, -0.2) is 0 Å². The Morgan fingerprint density at radius 1 is 1.16 bits per heavy atom. The van der Waals surface area contributed by atoms with E-state index in [1.165, 1.54) is 12.1 Å². The first-order valence-corrected chi connectivity index (χ1v) is 8.03. The van der Waals surface area contributed by atoms with Crippen molar-refractivity contribution in [3.8, 4) is 0 Å². The maximum absolute atomic E-state index is 12.7. The molecular formula is C18H14ClNO5. The van der Waals surface area contributed by atoms with Crippen LogP contribution in [-0.2, 0) is 16.0 Å².